The molecule has 2 atom stereocenters. The van der Waals surface area contributed by atoms with E-state index in [9.17, 15) is 0 Å². The number of rotatable bonds is 6. The fourth-order valence-corrected chi connectivity index (χ4v) is 2.83. The van der Waals surface area contributed by atoms with Crippen LogP contribution in [-0.4, -0.2) is 0 Å². The van der Waals surface area contributed by atoms with Crippen molar-refractivity contribution in [1.29, 1.82) is 0 Å². The molecule has 0 aliphatic heterocycles. The van der Waals surface area contributed by atoms with Crippen molar-refractivity contribution in [2.75, 3.05) is 0 Å². The molecule has 2 aromatic rings. The maximum Gasteiger partial charge on any atom is -0.0165 e. The summed E-state index contributed by atoms with van der Waals surface area (Å²) >= 11 is 0. The van der Waals surface area contributed by atoms with Crippen LogP contribution in [0.25, 0.3) is 0 Å². The summed E-state index contributed by atoms with van der Waals surface area (Å²) in [5.74, 6) is 1.38. The van der Waals surface area contributed by atoms with Crippen molar-refractivity contribution in [3.8, 4) is 0 Å². The van der Waals surface area contributed by atoms with Crippen LogP contribution in [0, 0.1) is 19.8 Å². The van der Waals surface area contributed by atoms with Gasteiger partial charge in [-0.3, -0.25) is 0 Å². The molecule has 112 valence electrons. The molecule has 0 aliphatic rings. The van der Waals surface area contributed by atoms with Crippen molar-refractivity contribution >= 4 is 0 Å². The minimum atomic E-state index is 0.642. The topological polar surface area (TPSA) is 0 Å². The minimum absolute atomic E-state index is 0.642. The molecule has 0 N–H and O–H groups in total. The van der Waals surface area contributed by atoms with E-state index in [4.69, 9.17) is 0 Å². The van der Waals surface area contributed by atoms with E-state index in [-0.39, 0.29) is 0 Å². The van der Waals surface area contributed by atoms with E-state index in [1.807, 2.05) is 0 Å². The Kier molecular flexibility index (Phi) is 5.61. The number of benzene rings is 2. The number of hydrogen-bond acceptors (Lipinski definition) is 0. The molecule has 0 saturated heterocycles. The van der Waals surface area contributed by atoms with Gasteiger partial charge in [0, 0.05) is 0 Å². The smallest absolute Gasteiger partial charge is 0.0165 e. The molecule has 0 heteroatoms. The van der Waals surface area contributed by atoms with Crippen LogP contribution in [0.2, 0.25) is 0 Å². The third-order valence-corrected chi connectivity index (χ3v) is 4.70. The molecule has 2 rings (SSSR count). The normalized spacial score (nSPS) is 13.9. The third-order valence-electron chi connectivity index (χ3n) is 4.70. The van der Waals surface area contributed by atoms with Crippen LogP contribution in [0.5, 0.6) is 0 Å². The summed E-state index contributed by atoms with van der Waals surface area (Å²) in [4.78, 5) is 0. The van der Waals surface area contributed by atoms with Gasteiger partial charge in [-0.15, -0.1) is 0 Å². The summed E-state index contributed by atoms with van der Waals surface area (Å²) in [6, 6.07) is 18.0. The lowest BCUT2D eigenvalue weighted by atomic mass is 9.85. The average Bonchev–Trinajstić information content (AvgIpc) is 2.49. The van der Waals surface area contributed by atoms with Crippen molar-refractivity contribution < 1.29 is 0 Å². The molecular formula is C21H28. The predicted octanol–water partition coefficient (Wildman–Crippen LogP) is 6.07. The molecule has 0 radical (unpaired) electrons. The van der Waals surface area contributed by atoms with Gasteiger partial charge in [-0.2, -0.15) is 0 Å². The van der Waals surface area contributed by atoms with Crippen LogP contribution >= 0.6 is 0 Å². The minimum Gasteiger partial charge on any atom is -0.0619 e. The molecule has 0 amide bonds. The van der Waals surface area contributed by atoms with E-state index in [2.05, 4.69) is 76.2 Å². The van der Waals surface area contributed by atoms with E-state index >= 15 is 0 Å². The van der Waals surface area contributed by atoms with Crippen molar-refractivity contribution in [3.05, 3.63) is 70.8 Å². The highest BCUT2D eigenvalue weighted by molar-refractivity contribution is 5.24. The highest BCUT2D eigenvalue weighted by Crippen LogP contribution is 2.28. The molecule has 0 unspecified atom stereocenters. The Bertz CT molecular complexity index is 533. The van der Waals surface area contributed by atoms with Crippen LogP contribution in [0.1, 0.15) is 54.9 Å². The molecule has 0 nitrogen and oxygen atoms in total. The Morgan fingerprint density at radius 3 is 1.86 bits per heavy atom. The van der Waals surface area contributed by atoms with Gasteiger partial charge in [0.15, 0.2) is 0 Å². The highest BCUT2D eigenvalue weighted by atomic mass is 14.2. The molecule has 2 aromatic carbocycles. The van der Waals surface area contributed by atoms with Gasteiger partial charge in [0.2, 0.25) is 0 Å². The van der Waals surface area contributed by atoms with E-state index in [1.165, 1.54) is 41.5 Å². The van der Waals surface area contributed by atoms with Gasteiger partial charge < -0.3 is 0 Å². The quantitative estimate of drug-likeness (QED) is 0.602. The molecule has 0 spiro atoms. The first-order chi connectivity index (χ1) is 10.1. The maximum atomic E-state index is 2.39. The standard InChI is InChI=1S/C21H28/c1-16-8-12-20(13-9-16)7-5-6-18(3)19(4)21-14-10-17(2)11-15-21/h8-15,18-19H,5-7H2,1-4H3/t18-,19+/m0/s1. The zero-order valence-corrected chi connectivity index (χ0v) is 13.9. The Balaban J connectivity index is 1.82. The molecule has 0 bridgehead atoms. The summed E-state index contributed by atoms with van der Waals surface area (Å²) in [6.07, 6.45) is 3.77. The second-order valence-corrected chi connectivity index (χ2v) is 6.55. The highest BCUT2D eigenvalue weighted by Gasteiger charge is 2.13. The van der Waals surface area contributed by atoms with Gasteiger partial charge in [-0.1, -0.05) is 73.5 Å². The Morgan fingerprint density at radius 2 is 1.29 bits per heavy atom. The first-order valence-electron chi connectivity index (χ1n) is 8.18. The summed E-state index contributed by atoms with van der Waals surface area (Å²) in [5.41, 5.74) is 5.64. The number of hydrogen-bond donors (Lipinski definition) is 0. The lowest BCUT2D eigenvalue weighted by Gasteiger charge is -2.20. The van der Waals surface area contributed by atoms with Gasteiger partial charge >= 0.3 is 0 Å². The average molecular weight is 280 g/mol. The summed E-state index contributed by atoms with van der Waals surface area (Å²) in [5, 5.41) is 0. The molecule has 0 saturated carbocycles. The summed E-state index contributed by atoms with van der Waals surface area (Å²) in [7, 11) is 0. The zero-order valence-electron chi connectivity index (χ0n) is 13.9. The molecule has 0 fully saturated rings. The Hall–Kier alpha value is -1.56. The predicted molar refractivity (Wildman–Crippen MR) is 92.9 cm³/mol. The van der Waals surface area contributed by atoms with Crippen LogP contribution in [0.4, 0.5) is 0 Å². The molecule has 21 heavy (non-hydrogen) atoms. The van der Waals surface area contributed by atoms with E-state index in [0.717, 1.165) is 5.92 Å². The van der Waals surface area contributed by atoms with Gasteiger partial charge in [0.05, 0.1) is 0 Å². The SMILES string of the molecule is Cc1ccc(CCC[C@H](C)[C@@H](C)c2ccc(C)cc2)cc1. The van der Waals surface area contributed by atoms with Crippen molar-refractivity contribution in [2.24, 2.45) is 5.92 Å². The van der Waals surface area contributed by atoms with Crippen molar-refractivity contribution in [3.63, 3.8) is 0 Å². The third kappa shape index (κ3) is 4.74. The van der Waals surface area contributed by atoms with E-state index in [0.29, 0.717) is 5.92 Å². The van der Waals surface area contributed by atoms with Gasteiger partial charge in [0.1, 0.15) is 0 Å². The zero-order chi connectivity index (χ0) is 15.2. The van der Waals surface area contributed by atoms with Crippen molar-refractivity contribution in [1.82, 2.24) is 0 Å². The number of aryl methyl sites for hydroxylation is 3. The fourth-order valence-electron chi connectivity index (χ4n) is 2.83. The van der Waals surface area contributed by atoms with Gasteiger partial charge in [-0.05, 0) is 56.1 Å². The van der Waals surface area contributed by atoms with Gasteiger partial charge in [0.25, 0.3) is 0 Å². The summed E-state index contributed by atoms with van der Waals surface area (Å²) in [6.45, 7) is 9.05. The second-order valence-electron chi connectivity index (χ2n) is 6.55. The molecule has 0 aromatic heterocycles. The van der Waals surface area contributed by atoms with E-state index < -0.39 is 0 Å². The second kappa shape index (κ2) is 7.45. The Morgan fingerprint density at radius 1 is 0.762 bits per heavy atom. The molecular weight excluding hydrogens is 252 g/mol. The van der Waals surface area contributed by atoms with Crippen molar-refractivity contribution in [2.45, 2.75) is 52.9 Å². The van der Waals surface area contributed by atoms with E-state index in [1.54, 1.807) is 0 Å². The molecule has 0 aliphatic carbocycles. The Labute approximate surface area is 130 Å². The maximum absolute atomic E-state index is 2.39. The first-order valence-corrected chi connectivity index (χ1v) is 8.18. The molecule has 0 heterocycles. The van der Waals surface area contributed by atoms with Gasteiger partial charge in [-0.25, -0.2) is 0 Å². The lowest BCUT2D eigenvalue weighted by molar-refractivity contribution is 0.439. The largest absolute Gasteiger partial charge is 0.0619 e. The monoisotopic (exact) mass is 280 g/mol. The van der Waals surface area contributed by atoms with Crippen LogP contribution in [0.3, 0.4) is 0 Å². The fraction of sp³-hybridized carbons (Fsp3) is 0.429. The summed E-state index contributed by atoms with van der Waals surface area (Å²) < 4.78 is 0. The van der Waals surface area contributed by atoms with Crippen LogP contribution in [0.15, 0.2) is 48.5 Å². The lowest BCUT2D eigenvalue weighted by Crippen LogP contribution is -2.07. The van der Waals surface area contributed by atoms with Crippen LogP contribution < -0.4 is 0 Å². The van der Waals surface area contributed by atoms with Crippen LogP contribution in [-0.2, 0) is 6.42 Å². The first kappa shape index (κ1) is 15.8.